The quantitative estimate of drug-likeness (QED) is 0.327. The fourth-order valence-corrected chi connectivity index (χ4v) is 5.03. The average Bonchev–Trinajstić information content (AvgIpc) is 3.23. The van der Waals surface area contributed by atoms with Crippen molar-refractivity contribution in [3.05, 3.63) is 88.5 Å². The molecule has 186 valence electrons. The van der Waals surface area contributed by atoms with E-state index in [1.165, 1.54) is 10.1 Å². The summed E-state index contributed by atoms with van der Waals surface area (Å²) in [5.74, 6) is -0.133. The third-order valence-electron chi connectivity index (χ3n) is 6.79. The summed E-state index contributed by atoms with van der Waals surface area (Å²) < 4.78 is 12.2. The Labute approximate surface area is 212 Å². The van der Waals surface area contributed by atoms with Crippen molar-refractivity contribution in [3.8, 4) is 5.75 Å². The van der Waals surface area contributed by atoms with Crippen LogP contribution in [0.2, 0.25) is 0 Å². The summed E-state index contributed by atoms with van der Waals surface area (Å²) in [6, 6.07) is 20.6. The molecule has 2 N–H and O–H groups in total. The van der Waals surface area contributed by atoms with Crippen LogP contribution in [0.1, 0.15) is 24.1 Å². The summed E-state index contributed by atoms with van der Waals surface area (Å²) in [7, 11) is 1.66. The molecular formula is C29H26N4O4. The number of nitrogens with one attached hydrogen (secondary N) is 2. The Bertz CT molecular complexity index is 1700. The average molecular weight is 495 g/mol. The smallest absolute Gasteiger partial charge is 0.420 e. The van der Waals surface area contributed by atoms with Crippen LogP contribution < -0.4 is 21.1 Å². The maximum atomic E-state index is 12.9. The van der Waals surface area contributed by atoms with Crippen LogP contribution in [0.15, 0.2) is 75.9 Å². The number of aryl methyl sites for hydroxylation is 1. The lowest BCUT2D eigenvalue weighted by Crippen LogP contribution is -2.24. The third-order valence-corrected chi connectivity index (χ3v) is 6.79. The predicted molar refractivity (Wildman–Crippen MR) is 144 cm³/mol. The van der Waals surface area contributed by atoms with E-state index in [-0.39, 0.29) is 12.5 Å². The molecule has 0 fully saturated rings. The summed E-state index contributed by atoms with van der Waals surface area (Å²) in [4.78, 5) is 30.2. The number of hydrogen-bond donors (Lipinski definition) is 2. The molecule has 0 aliphatic heterocycles. The van der Waals surface area contributed by atoms with E-state index in [0.29, 0.717) is 16.8 Å². The van der Waals surface area contributed by atoms with Gasteiger partial charge >= 0.3 is 5.76 Å². The second-order valence-corrected chi connectivity index (χ2v) is 9.15. The highest BCUT2D eigenvalue weighted by Gasteiger charge is 2.20. The fraction of sp³-hybridized carbons (Fsp3) is 0.207. The molecule has 8 heteroatoms. The van der Waals surface area contributed by atoms with Gasteiger partial charge in [-0.3, -0.25) is 14.3 Å². The van der Waals surface area contributed by atoms with Crippen molar-refractivity contribution in [2.24, 2.45) is 0 Å². The number of carbonyl (C=O) groups excluding carboxylic acids is 1. The summed E-state index contributed by atoms with van der Waals surface area (Å²) in [5, 5.41) is 7.45. The minimum Gasteiger partial charge on any atom is -0.495 e. The molecule has 6 rings (SSSR count). The summed E-state index contributed by atoms with van der Waals surface area (Å²) >= 11 is 0. The Balaban J connectivity index is 1.36. The minimum atomic E-state index is -0.561. The number of pyridine rings is 1. The van der Waals surface area contributed by atoms with Crippen LogP contribution in [0.25, 0.3) is 22.0 Å². The van der Waals surface area contributed by atoms with Gasteiger partial charge in [-0.25, -0.2) is 4.79 Å². The normalized spacial score (nSPS) is 12.9. The Morgan fingerprint density at radius 3 is 2.76 bits per heavy atom. The number of oxazole rings is 1. The number of benzene rings is 3. The zero-order valence-corrected chi connectivity index (χ0v) is 20.4. The maximum absolute atomic E-state index is 12.9. The number of anilines is 3. The Kier molecular flexibility index (Phi) is 5.84. The van der Waals surface area contributed by atoms with Gasteiger partial charge in [0, 0.05) is 16.8 Å². The standard InChI is InChI=1S/C29H26N4O4/c1-36-25-12-6-4-10-23(25)32-28-19-8-2-3-9-21(19)31-22-15-14-18(16-20(22)28)30-27(34)17-33-24-11-5-7-13-26(24)37-29(33)35/h4-7,10-16H,2-3,8-9,17H2,1H3,(H,30,34)(H,31,32). The molecule has 1 amide bonds. The van der Waals surface area contributed by atoms with Crippen LogP contribution in [0.4, 0.5) is 17.1 Å². The number of hydrogen-bond acceptors (Lipinski definition) is 6. The lowest BCUT2D eigenvalue weighted by Gasteiger charge is -2.23. The molecule has 2 aromatic heterocycles. The van der Waals surface area contributed by atoms with Crippen LogP contribution in [0, 0.1) is 0 Å². The van der Waals surface area contributed by atoms with Crippen LogP contribution in [0.5, 0.6) is 5.75 Å². The molecule has 2 heterocycles. The SMILES string of the molecule is COc1ccccc1Nc1c2c(nc3ccc(NC(=O)Cn4c(=O)oc5ccccc54)cc13)CCCC2. The van der Waals surface area contributed by atoms with Gasteiger partial charge in [-0.2, -0.15) is 0 Å². The van der Waals surface area contributed by atoms with Crippen LogP contribution >= 0.6 is 0 Å². The van der Waals surface area contributed by atoms with Crippen LogP contribution in [-0.2, 0) is 24.2 Å². The number of aromatic nitrogens is 2. The zero-order valence-electron chi connectivity index (χ0n) is 20.4. The van der Waals surface area contributed by atoms with Gasteiger partial charge in [0.15, 0.2) is 5.58 Å². The van der Waals surface area contributed by atoms with Crippen molar-refractivity contribution < 1.29 is 13.9 Å². The van der Waals surface area contributed by atoms with Gasteiger partial charge in [0.2, 0.25) is 5.91 Å². The molecule has 0 saturated heterocycles. The van der Waals surface area contributed by atoms with Crippen molar-refractivity contribution in [2.75, 3.05) is 17.7 Å². The fourth-order valence-electron chi connectivity index (χ4n) is 5.03. The Morgan fingerprint density at radius 2 is 1.86 bits per heavy atom. The first-order valence-corrected chi connectivity index (χ1v) is 12.3. The van der Waals surface area contributed by atoms with Crippen LogP contribution in [0.3, 0.4) is 0 Å². The van der Waals surface area contributed by atoms with Crippen molar-refractivity contribution in [1.82, 2.24) is 9.55 Å². The first-order valence-electron chi connectivity index (χ1n) is 12.3. The monoisotopic (exact) mass is 494 g/mol. The molecule has 0 radical (unpaired) electrons. The van der Waals surface area contributed by atoms with Crippen molar-refractivity contribution in [1.29, 1.82) is 0 Å². The van der Waals surface area contributed by atoms with E-state index < -0.39 is 5.76 Å². The van der Waals surface area contributed by atoms with Crippen molar-refractivity contribution >= 4 is 45.0 Å². The molecule has 0 atom stereocenters. The van der Waals surface area contributed by atoms with Gasteiger partial charge < -0.3 is 19.8 Å². The number of carbonyl (C=O) groups is 1. The first-order chi connectivity index (χ1) is 18.1. The number of ether oxygens (including phenoxy) is 1. The summed E-state index contributed by atoms with van der Waals surface area (Å²) in [6.07, 6.45) is 4.10. The zero-order chi connectivity index (χ0) is 25.4. The second kappa shape index (κ2) is 9.46. The number of fused-ring (bicyclic) bond motifs is 3. The number of para-hydroxylation sites is 4. The van der Waals surface area contributed by atoms with E-state index >= 15 is 0 Å². The number of methoxy groups -OCH3 is 1. The van der Waals surface area contributed by atoms with E-state index in [1.807, 2.05) is 42.5 Å². The number of nitrogens with zero attached hydrogens (tertiary/aromatic N) is 2. The van der Waals surface area contributed by atoms with E-state index in [2.05, 4.69) is 10.6 Å². The van der Waals surface area contributed by atoms with Gasteiger partial charge in [-0.05, 0) is 73.7 Å². The summed E-state index contributed by atoms with van der Waals surface area (Å²) in [6.45, 7) is -0.150. The lowest BCUT2D eigenvalue weighted by atomic mass is 9.92. The lowest BCUT2D eigenvalue weighted by molar-refractivity contribution is -0.116. The molecule has 1 aliphatic carbocycles. The van der Waals surface area contributed by atoms with Gasteiger partial charge in [-0.15, -0.1) is 0 Å². The maximum Gasteiger partial charge on any atom is 0.420 e. The molecule has 0 saturated carbocycles. The third kappa shape index (κ3) is 4.31. The molecular weight excluding hydrogens is 468 g/mol. The van der Waals surface area contributed by atoms with Gasteiger partial charge in [0.1, 0.15) is 12.3 Å². The molecule has 37 heavy (non-hydrogen) atoms. The molecule has 0 spiro atoms. The number of amides is 1. The van der Waals surface area contributed by atoms with E-state index in [4.69, 9.17) is 14.1 Å². The summed E-state index contributed by atoms with van der Waals surface area (Å²) in [5.41, 5.74) is 6.67. The predicted octanol–water partition coefficient (Wildman–Crippen LogP) is 5.41. The van der Waals surface area contributed by atoms with Gasteiger partial charge in [-0.1, -0.05) is 24.3 Å². The number of rotatable bonds is 6. The Hall–Kier alpha value is -4.59. The van der Waals surface area contributed by atoms with E-state index in [0.717, 1.165) is 59.4 Å². The molecule has 3 aromatic carbocycles. The topological polar surface area (TPSA) is 98.4 Å². The van der Waals surface area contributed by atoms with E-state index in [9.17, 15) is 9.59 Å². The van der Waals surface area contributed by atoms with Crippen molar-refractivity contribution in [3.63, 3.8) is 0 Å². The van der Waals surface area contributed by atoms with Gasteiger partial charge in [0.05, 0.1) is 29.5 Å². The highest BCUT2D eigenvalue weighted by molar-refractivity contribution is 6.00. The highest BCUT2D eigenvalue weighted by atomic mass is 16.5. The highest BCUT2D eigenvalue weighted by Crippen LogP contribution is 2.38. The van der Waals surface area contributed by atoms with Crippen molar-refractivity contribution in [2.45, 2.75) is 32.2 Å². The van der Waals surface area contributed by atoms with E-state index in [1.54, 1.807) is 31.4 Å². The minimum absolute atomic E-state index is 0.150. The molecule has 0 bridgehead atoms. The molecule has 1 aliphatic rings. The molecule has 5 aromatic rings. The van der Waals surface area contributed by atoms with Crippen LogP contribution in [-0.4, -0.2) is 22.6 Å². The Morgan fingerprint density at radius 1 is 1.05 bits per heavy atom. The largest absolute Gasteiger partial charge is 0.495 e. The van der Waals surface area contributed by atoms with Gasteiger partial charge in [0.25, 0.3) is 0 Å². The molecule has 8 nitrogen and oxygen atoms in total. The second-order valence-electron chi connectivity index (χ2n) is 9.15. The molecule has 0 unspecified atom stereocenters. The first kappa shape index (κ1) is 22.8.